The molecule has 0 heteroatoms. The monoisotopic (exact) mass is 272 g/mol. The molecule has 0 aromatic heterocycles. The molecule has 3 saturated carbocycles. The topological polar surface area (TPSA) is 0 Å². The predicted molar refractivity (Wildman–Crippen MR) is 85.5 cm³/mol. The van der Waals surface area contributed by atoms with Crippen LogP contribution in [0.1, 0.15) is 79.1 Å². The van der Waals surface area contributed by atoms with Crippen molar-refractivity contribution in [2.75, 3.05) is 0 Å². The molecule has 1 spiro atoms. The van der Waals surface area contributed by atoms with Crippen LogP contribution >= 0.6 is 0 Å². The van der Waals surface area contributed by atoms with Gasteiger partial charge < -0.3 is 0 Å². The van der Waals surface area contributed by atoms with Gasteiger partial charge in [0.2, 0.25) is 0 Å². The SMILES string of the molecule is CC1=C[C@@]23CC[C@@H]4C(C)(C)CCC[C@]4(C)[C@H]2CC[C@@H]1C3. The lowest BCUT2D eigenvalue weighted by atomic mass is 9.41. The van der Waals surface area contributed by atoms with E-state index in [2.05, 4.69) is 33.8 Å². The molecule has 0 radical (unpaired) electrons. The Kier molecular flexibility index (Phi) is 2.63. The molecule has 4 aliphatic rings. The molecular weight excluding hydrogens is 240 g/mol. The Bertz CT molecular complexity index is 457. The smallest absolute Gasteiger partial charge is 0.00762 e. The van der Waals surface area contributed by atoms with Gasteiger partial charge in [-0.05, 0) is 85.9 Å². The first-order valence-electron chi connectivity index (χ1n) is 9.07. The van der Waals surface area contributed by atoms with Gasteiger partial charge in [-0.2, -0.15) is 0 Å². The van der Waals surface area contributed by atoms with Gasteiger partial charge in [-0.3, -0.25) is 0 Å². The summed E-state index contributed by atoms with van der Waals surface area (Å²) in [6.07, 6.45) is 14.7. The van der Waals surface area contributed by atoms with Crippen molar-refractivity contribution in [2.45, 2.75) is 79.1 Å². The van der Waals surface area contributed by atoms with Crippen LogP contribution < -0.4 is 0 Å². The lowest BCUT2D eigenvalue weighted by Crippen LogP contribution is -2.55. The van der Waals surface area contributed by atoms with Crippen LogP contribution in [0.4, 0.5) is 0 Å². The van der Waals surface area contributed by atoms with E-state index in [1.54, 1.807) is 5.57 Å². The highest BCUT2D eigenvalue weighted by atomic mass is 14.7. The van der Waals surface area contributed by atoms with Gasteiger partial charge >= 0.3 is 0 Å². The van der Waals surface area contributed by atoms with E-state index in [0.29, 0.717) is 16.2 Å². The number of hydrogen-bond donors (Lipinski definition) is 0. The summed E-state index contributed by atoms with van der Waals surface area (Å²) in [7, 11) is 0. The van der Waals surface area contributed by atoms with E-state index in [0.717, 1.165) is 17.8 Å². The summed E-state index contributed by atoms with van der Waals surface area (Å²) in [4.78, 5) is 0. The average molecular weight is 272 g/mol. The summed E-state index contributed by atoms with van der Waals surface area (Å²) in [5, 5.41) is 0. The summed E-state index contributed by atoms with van der Waals surface area (Å²) >= 11 is 0. The molecule has 5 atom stereocenters. The first kappa shape index (κ1) is 13.4. The highest BCUT2D eigenvalue weighted by Gasteiger charge is 2.61. The van der Waals surface area contributed by atoms with Gasteiger partial charge in [0.15, 0.2) is 0 Å². The summed E-state index contributed by atoms with van der Waals surface area (Å²) in [5.74, 6) is 2.91. The van der Waals surface area contributed by atoms with Crippen molar-refractivity contribution in [3.8, 4) is 0 Å². The van der Waals surface area contributed by atoms with Crippen molar-refractivity contribution >= 4 is 0 Å². The molecular formula is C20H32. The molecule has 0 aromatic carbocycles. The Morgan fingerprint density at radius 2 is 1.75 bits per heavy atom. The van der Waals surface area contributed by atoms with E-state index >= 15 is 0 Å². The lowest BCUT2D eigenvalue weighted by Gasteiger charge is -2.63. The maximum Gasteiger partial charge on any atom is -0.00762 e. The minimum absolute atomic E-state index is 0.586. The van der Waals surface area contributed by atoms with Crippen molar-refractivity contribution in [2.24, 2.45) is 34.0 Å². The quantitative estimate of drug-likeness (QED) is 0.476. The van der Waals surface area contributed by atoms with E-state index in [9.17, 15) is 0 Å². The molecule has 0 unspecified atom stereocenters. The Morgan fingerprint density at radius 3 is 2.55 bits per heavy atom. The fourth-order valence-corrected chi connectivity index (χ4v) is 7.53. The van der Waals surface area contributed by atoms with E-state index < -0.39 is 0 Å². The van der Waals surface area contributed by atoms with Crippen LogP contribution in [0.25, 0.3) is 0 Å². The molecule has 4 rings (SSSR count). The van der Waals surface area contributed by atoms with Gasteiger partial charge in [0.1, 0.15) is 0 Å². The maximum absolute atomic E-state index is 2.76. The van der Waals surface area contributed by atoms with Crippen molar-refractivity contribution < 1.29 is 0 Å². The largest absolute Gasteiger partial charge is 0.0788 e. The lowest BCUT2D eigenvalue weighted by molar-refractivity contribution is -0.133. The summed E-state index contributed by atoms with van der Waals surface area (Å²) in [5.41, 5.74) is 3.57. The molecule has 0 amide bonds. The molecule has 2 bridgehead atoms. The normalized spacial score (nSPS) is 53.0. The molecule has 0 aromatic rings. The number of fused-ring (bicyclic) bond motifs is 3. The fourth-order valence-electron chi connectivity index (χ4n) is 7.53. The number of allylic oxidation sites excluding steroid dienone is 2. The van der Waals surface area contributed by atoms with Crippen LogP contribution in [0.2, 0.25) is 0 Å². The van der Waals surface area contributed by atoms with Gasteiger partial charge in [-0.25, -0.2) is 0 Å². The van der Waals surface area contributed by atoms with Crippen LogP contribution in [-0.2, 0) is 0 Å². The zero-order valence-electron chi connectivity index (χ0n) is 14.0. The van der Waals surface area contributed by atoms with Gasteiger partial charge in [-0.1, -0.05) is 38.8 Å². The van der Waals surface area contributed by atoms with Gasteiger partial charge in [0, 0.05) is 0 Å². The molecule has 4 aliphatic carbocycles. The van der Waals surface area contributed by atoms with Crippen molar-refractivity contribution in [3.63, 3.8) is 0 Å². The molecule has 0 nitrogen and oxygen atoms in total. The van der Waals surface area contributed by atoms with E-state index in [4.69, 9.17) is 0 Å². The number of hydrogen-bond acceptors (Lipinski definition) is 0. The van der Waals surface area contributed by atoms with Crippen molar-refractivity contribution in [1.82, 2.24) is 0 Å². The number of rotatable bonds is 0. The van der Waals surface area contributed by atoms with Crippen LogP contribution in [0.15, 0.2) is 11.6 Å². The third-order valence-corrected chi connectivity index (χ3v) is 8.25. The maximum atomic E-state index is 2.76. The van der Waals surface area contributed by atoms with Gasteiger partial charge in [0.05, 0.1) is 0 Å². The first-order chi connectivity index (χ1) is 9.37. The zero-order chi connectivity index (χ0) is 14.2. The third-order valence-electron chi connectivity index (χ3n) is 8.25. The van der Waals surface area contributed by atoms with Crippen LogP contribution in [0.5, 0.6) is 0 Å². The second kappa shape index (κ2) is 3.93. The zero-order valence-corrected chi connectivity index (χ0v) is 14.0. The second-order valence-corrected chi connectivity index (χ2v) is 9.59. The molecule has 0 saturated heterocycles. The minimum atomic E-state index is 0.586. The predicted octanol–water partition coefficient (Wildman–Crippen LogP) is 5.98. The minimum Gasteiger partial charge on any atom is -0.0788 e. The van der Waals surface area contributed by atoms with Gasteiger partial charge in [-0.15, -0.1) is 0 Å². The highest BCUT2D eigenvalue weighted by Crippen LogP contribution is 2.70. The summed E-state index contributed by atoms with van der Waals surface area (Å²) in [6.45, 7) is 10.2. The molecule has 112 valence electrons. The molecule has 3 fully saturated rings. The van der Waals surface area contributed by atoms with Crippen LogP contribution in [-0.4, -0.2) is 0 Å². The second-order valence-electron chi connectivity index (χ2n) is 9.59. The Labute approximate surface area is 125 Å². The van der Waals surface area contributed by atoms with Crippen molar-refractivity contribution in [1.29, 1.82) is 0 Å². The van der Waals surface area contributed by atoms with Crippen LogP contribution in [0.3, 0.4) is 0 Å². The molecule has 20 heavy (non-hydrogen) atoms. The fraction of sp³-hybridized carbons (Fsp3) is 0.900. The first-order valence-corrected chi connectivity index (χ1v) is 9.07. The summed E-state index contributed by atoms with van der Waals surface area (Å²) in [6, 6.07) is 0. The summed E-state index contributed by atoms with van der Waals surface area (Å²) < 4.78 is 0. The van der Waals surface area contributed by atoms with E-state index in [1.165, 1.54) is 51.4 Å². The third kappa shape index (κ3) is 1.54. The van der Waals surface area contributed by atoms with Gasteiger partial charge in [0.25, 0.3) is 0 Å². The average Bonchev–Trinajstić information content (AvgIpc) is 2.58. The Morgan fingerprint density at radius 1 is 0.950 bits per heavy atom. The Balaban J connectivity index is 1.76. The Hall–Kier alpha value is -0.260. The highest BCUT2D eigenvalue weighted by molar-refractivity contribution is 5.26. The van der Waals surface area contributed by atoms with Crippen molar-refractivity contribution in [3.05, 3.63) is 11.6 Å². The van der Waals surface area contributed by atoms with Crippen LogP contribution in [0, 0.1) is 34.0 Å². The molecule has 0 N–H and O–H groups in total. The molecule has 0 heterocycles. The standard InChI is InChI=1S/C20H32/c1-14-12-20-11-8-16-18(2,3)9-5-10-19(16,4)17(20)7-6-15(14)13-20/h12,15-17H,5-11,13H2,1-4H3/t15-,16-,17-,19+,20-/m1/s1. The molecule has 0 aliphatic heterocycles. The van der Waals surface area contributed by atoms with E-state index in [-0.39, 0.29) is 0 Å². The van der Waals surface area contributed by atoms with E-state index in [1.807, 2.05) is 0 Å².